The van der Waals surface area contributed by atoms with Gasteiger partial charge in [0, 0.05) is 18.6 Å². The highest BCUT2D eigenvalue weighted by Crippen LogP contribution is 2.19. The van der Waals surface area contributed by atoms with Crippen molar-refractivity contribution in [2.45, 2.75) is 52.1 Å². The molecule has 1 rings (SSSR count). The second kappa shape index (κ2) is 5.51. The van der Waals surface area contributed by atoms with E-state index < -0.39 is 0 Å². The van der Waals surface area contributed by atoms with Crippen molar-refractivity contribution in [2.75, 3.05) is 6.54 Å². The minimum atomic E-state index is 0.579. The summed E-state index contributed by atoms with van der Waals surface area (Å²) in [6, 6.07) is 1.16. The summed E-state index contributed by atoms with van der Waals surface area (Å²) >= 11 is 5.18. The van der Waals surface area contributed by atoms with E-state index in [1.807, 2.05) is 0 Å². The fourth-order valence-corrected chi connectivity index (χ4v) is 2.21. The fourth-order valence-electron chi connectivity index (χ4n) is 1.96. The standard InChI is InChI=1S/C10H21N3S/c1-4-11-10(14)12-13-8(2)6-5-7-9(13)3/h8-9H,4-7H2,1-3H3,(H2,11,12,14). The number of nitrogens with zero attached hydrogens (tertiary/aromatic N) is 1. The SMILES string of the molecule is CCNC(=S)NN1C(C)CCCC1C. The van der Waals surface area contributed by atoms with Crippen LogP contribution < -0.4 is 10.7 Å². The molecule has 0 aromatic rings. The minimum absolute atomic E-state index is 0.579. The van der Waals surface area contributed by atoms with Crippen molar-refractivity contribution in [3.63, 3.8) is 0 Å². The monoisotopic (exact) mass is 215 g/mol. The molecule has 0 spiro atoms. The number of hydrogen-bond donors (Lipinski definition) is 2. The van der Waals surface area contributed by atoms with Gasteiger partial charge >= 0.3 is 0 Å². The van der Waals surface area contributed by atoms with Crippen LogP contribution in [-0.4, -0.2) is 28.7 Å². The molecule has 2 atom stereocenters. The van der Waals surface area contributed by atoms with Crippen LogP contribution in [0.15, 0.2) is 0 Å². The summed E-state index contributed by atoms with van der Waals surface area (Å²) in [6.45, 7) is 7.42. The van der Waals surface area contributed by atoms with E-state index in [0.717, 1.165) is 11.7 Å². The lowest BCUT2D eigenvalue weighted by Crippen LogP contribution is -2.56. The maximum atomic E-state index is 5.18. The van der Waals surface area contributed by atoms with Gasteiger partial charge < -0.3 is 5.32 Å². The average Bonchev–Trinajstić information content (AvgIpc) is 2.12. The molecule has 0 amide bonds. The third-order valence-electron chi connectivity index (χ3n) is 2.76. The summed E-state index contributed by atoms with van der Waals surface area (Å²) in [6.07, 6.45) is 3.84. The first-order valence-corrected chi connectivity index (χ1v) is 5.88. The molecule has 1 aliphatic heterocycles. The molecule has 2 unspecified atom stereocenters. The zero-order chi connectivity index (χ0) is 10.6. The van der Waals surface area contributed by atoms with Gasteiger partial charge in [-0.2, -0.15) is 0 Å². The summed E-state index contributed by atoms with van der Waals surface area (Å²) < 4.78 is 0. The van der Waals surface area contributed by atoms with Gasteiger partial charge in [-0.1, -0.05) is 6.42 Å². The molecule has 0 aromatic heterocycles. The van der Waals surface area contributed by atoms with Gasteiger partial charge in [0.15, 0.2) is 5.11 Å². The molecular formula is C10H21N3S. The van der Waals surface area contributed by atoms with Crippen molar-refractivity contribution in [1.29, 1.82) is 0 Å². The number of rotatable bonds is 2. The van der Waals surface area contributed by atoms with Gasteiger partial charge in [0.25, 0.3) is 0 Å². The van der Waals surface area contributed by atoms with E-state index in [2.05, 4.69) is 36.5 Å². The maximum absolute atomic E-state index is 5.18. The second-order valence-electron chi connectivity index (χ2n) is 4.01. The van der Waals surface area contributed by atoms with Gasteiger partial charge in [0.05, 0.1) is 0 Å². The van der Waals surface area contributed by atoms with Crippen LogP contribution in [0, 0.1) is 0 Å². The molecule has 1 saturated heterocycles. The van der Waals surface area contributed by atoms with Crippen molar-refractivity contribution in [1.82, 2.24) is 15.8 Å². The van der Waals surface area contributed by atoms with Gasteiger partial charge in [-0.15, -0.1) is 0 Å². The Morgan fingerprint density at radius 1 is 1.36 bits per heavy atom. The molecular weight excluding hydrogens is 194 g/mol. The molecule has 3 nitrogen and oxygen atoms in total. The highest BCUT2D eigenvalue weighted by atomic mass is 32.1. The van der Waals surface area contributed by atoms with E-state index in [1.165, 1.54) is 19.3 Å². The lowest BCUT2D eigenvalue weighted by Gasteiger charge is -2.39. The Bertz CT molecular complexity index is 186. The molecule has 0 bridgehead atoms. The van der Waals surface area contributed by atoms with Crippen LogP contribution in [0.5, 0.6) is 0 Å². The average molecular weight is 215 g/mol. The minimum Gasteiger partial charge on any atom is -0.362 e. The topological polar surface area (TPSA) is 27.3 Å². The zero-order valence-electron chi connectivity index (χ0n) is 9.34. The summed E-state index contributed by atoms with van der Waals surface area (Å²) in [7, 11) is 0. The number of hydrogen-bond acceptors (Lipinski definition) is 2. The second-order valence-corrected chi connectivity index (χ2v) is 4.42. The van der Waals surface area contributed by atoms with Gasteiger partial charge in [-0.05, 0) is 45.8 Å². The molecule has 0 aliphatic carbocycles. The summed E-state index contributed by atoms with van der Waals surface area (Å²) in [5.74, 6) is 0. The van der Waals surface area contributed by atoms with Crippen molar-refractivity contribution < 1.29 is 0 Å². The van der Waals surface area contributed by atoms with Crippen molar-refractivity contribution in [2.24, 2.45) is 0 Å². The summed E-state index contributed by atoms with van der Waals surface area (Å²) in [5.41, 5.74) is 3.27. The molecule has 0 radical (unpaired) electrons. The van der Waals surface area contributed by atoms with Crippen LogP contribution in [0.4, 0.5) is 0 Å². The molecule has 14 heavy (non-hydrogen) atoms. The van der Waals surface area contributed by atoms with Crippen molar-refractivity contribution in [3.8, 4) is 0 Å². The van der Waals surface area contributed by atoms with Gasteiger partial charge in [-0.3, -0.25) is 5.43 Å². The predicted octanol–water partition coefficient (Wildman–Crippen LogP) is 1.65. The first kappa shape index (κ1) is 11.7. The van der Waals surface area contributed by atoms with Crippen molar-refractivity contribution in [3.05, 3.63) is 0 Å². The predicted molar refractivity (Wildman–Crippen MR) is 64.0 cm³/mol. The molecule has 4 heteroatoms. The lowest BCUT2D eigenvalue weighted by molar-refractivity contribution is 0.0737. The number of thiocarbonyl (C=S) groups is 1. The van der Waals surface area contributed by atoms with Crippen LogP contribution in [0.25, 0.3) is 0 Å². The molecule has 0 aromatic carbocycles. The van der Waals surface area contributed by atoms with Crippen LogP contribution in [-0.2, 0) is 0 Å². The highest BCUT2D eigenvalue weighted by molar-refractivity contribution is 7.80. The first-order valence-electron chi connectivity index (χ1n) is 5.48. The van der Waals surface area contributed by atoms with Crippen LogP contribution >= 0.6 is 12.2 Å². The third kappa shape index (κ3) is 3.10. The lowest BCUT2D eigenvalue weighted by atomic mass is 10.00. The van der Waals surface area contributed by atoms with E-state index in [0.29, 0.717) is 12.1 Å². The smallest absolute Gasteiger partial charge is 0.181 e. The van der Waals surface area contributed by atoms with E-state index >= 15 is 0 Å². The maximum Gasteiger partial charge on any atom is 0.181 e. The highest BCUT2D eigenvalue weighted by Gasteiger charge is 2.24. The first-order chi connectivity index (χ1) is 6.65. The van der Waals surface area contributed by atoms with E-state index in [4.69, 9.17) is 12.2 Å². The largest absolute Gasteiger partial charge is 0.362 e. The van der Waals surface area contributed by atoms with E-state index in [1.54, 1.807) is 0 Å². The normalized spacial score (nSPS) is 28.5. The Hall–Kier alpha value is -0.350. The van der Waals surface area contributed by atoms with Gasteiger partial charge in [-0.25, -0.2) is 5.01 Å². The molecule has 82 valence electrons. The third-order valence-corrected chi connectivity index (χ3v) is 3.00. The summed E-state index contributed by atoms with van der Waals surface area (Å²) in [4.78, 5) is 0. The Morgan fingerprint density at radius 2 is 1.93 bits per heavy atom. The molecule has 1 aliphatic rings. The van der Waals surface area contributed by atoms with Gasteiger partial charge in [0.1, 0.15) is 0 Å². The van der Waals surface area contributed by atoms with Crippen LogP contribution in [0.3, 0.4) is 0 Å². The van der Waals surface area contributed by atoms with Crippen LogP contribution in [0.2, 0.25) is 0 Å². The Balaban J connectivity index is 2.43. The fraction of sp³-hybridized carbons (Fsp3) is 0.900. The number of nitrogens with one attached hydrogen (secondary N) is 2. The van der Waals surface area contributed by atoms with Crippen LogP contribution in [0.1, 0.15) is 40.0 Å². The van der Waals surface area contributed by atoms with Crippen molar-refractivity contribution >= 4 is 17.3 Å². The molecule has 1 heterocycles. The summed E-state index contributed by atoms with van der Waals surface area (Å²) in [5, 5.41) is 6.13. The number of piperidine rings is 1. The Kier molecular flexibility index (Phi) is 4.62. The molecule has 1 fully saturated rings. The molecule has 0 saturated carbocycles. The number of hydrazine groups is 1. The van der Waals surface area contributed by atoms with E-state index in [-0.39, 0.29) is 0 Å². The quantitative estimate of drug-likeness (QED) is 0.685. The van der Waals surface area contributed by atoms with E-state index in [9.17, 15) is 0 Å². The Labute approximate surface area is 92.2 Å². The van der Waals surface area contributed by atoms with Gasteiger partial charge in [0.2, 0.25) is 0 Å². The zero-order valence-corrected chi connectivity index (χ0v) is 10.2. The molecule has 2 N–H and O–H groups in total. The Morgan fingerprint density at radius 3 is 2.43 bits per heavy atom.